The van der Waals surface area contributed by atoms with Gasteiger partial charge in [0.2, 0.25) is 0 Å². The molecule has 2 nitrogen and oxygen atoms in total. The first-order chi connectivity index (χ1) is 7.80. The van der Waals surface area contributed by atoms with Crippen molar-refractivity contribution in [3.05, 3.63) is 35.9 Å². The molecule has 1 aliphatic rings. The average molecular weight is 219 g/mol. The fourth-order valence-electron chi connectivity index (χ4n) is 2.32. The van der Waals surface area contributed by atoms with E-state index >= 15 is 0 Å². The van der Waals surface area contributed by atoms with Gasteiger partial charge in [-0.05, 0) is 24.8 Å². The minimum Gasteiger partial charge on any atom is -0.394 e. The zero-order chi connectivity index (χ0) is 11.4. The highest BCUT2D eigenvalue weighted by Crippen LogP contribution is 2.31. The second kappa shape index (κ2) is 4.98. The van der Waals surface area contributed by atoms with E-state index in [1.807, 2.05) is 18.2 Å². The first kappa shape index (κ1) is 11.6. The topological polar surface area (TPSA) is 32.3 Å². The molecule has 1 unspecified atom stereocenters. The molecule has 0 radical (unpaired) electrons. The smallest absolute Gasteiger partial charge is 0.0671 e. The van der Waals surface area contributed by atoms with E-state index in [2.05, 4.69) is 24.4 Å². The Morgan fingerprint density at radius 2 is 2.00 bits per heavy atom. The molecule has 0 bridgehead atoms. The predicted molar refractivity (Wildman–Crippen MR) is 66.3 cm³/mol. The van der Waals surface area contributed by atoms with E-state index in [9.17, 15) is 5.11 Å². The largest absolute Gasteiger partial charge is 0.394 e. The lowest BCUT2D eigenvalue weighted by Crippen LogP contribution is -2.46. The van der Waals surface area contributed by atoms with E-state index in [0.29, 0.717) is 6.04 Å². The van der Waals surface area contributed by atoms with Crippen molar-refractivity contribution in [2.24, 2.45) is 0 Å². The summed E-state index contributed by atoms with van der Waals surface area (Å²) < 4.78 is 0. The quantitative estimate of drug-likeness (QED) is 0.770. The molecular formula is C14H21NO. The van der Waals surface area contributed by atoms with Crippen LogP contribution in [0.3, 0.4) is 0 Å². The monoisotopic (exact) mass is 219 g/mol. The van der Waals surface area contributed by atoms with Gasteiger partial charge in [-0.15, -0.1) is 0 Å². The van der Waals surface area contributed by atoms with E-state index in [1.165, 1.54) is 18.4 Å². The maximum Gasteiger partial charge on any atom is 0.0671 e. The van der Waals surface area contributed by atoms with Crippen LogP contribution in [0.2, 0.25) is 0 Å². The molecule has 1 saturated carbocycles. The van der Waals surface area contributed by atoms with Gasteiger partial charge in [0.05, 0.1) is 12.1 Å². The Morgan fingerprint density at radius 3 is 2.50 bits per heavy atom. The molecule has 0 saturated heterocycles. The summed E-state index contributed by atoms with van der Waals surface area (Å²) in [6, 6.07) is 10.9. The highest BCUT2D eigenvalue weighted by Gasteiger charge is 2.36. The Morgan fingerprint density at radius 1 is 1.31 bits per heavy atom. The number of hydrogen-bond donors (Lipinski definition) is 2. The first-order valence-corrected chi connectivity index (χ1v) is 6.25. The molecule has 1 atom stereocenters. The lowest BCUT2D eigenvalue weighted by atomic mass is 9.86. The fourth-order valence-corrected chi connectivity index (χ4v) is 2.32. The second-order valence-corrected chi connectivity index (χ2v) is 4.77. The summed E-state index contributed by atoms with van der Waals surface area (Å²) >= 11 is 0. The molecule has 1 aromatic carbocycles. The van der Waals surface area contributed by atoms with Gasteiger partial charge >= 0.3 is 0 Å². The minimum atomic E-state index is -0.225. The summed E-state index contributed by atoms with van der Waals surface area (Å²) in [6.07, 6.45) is 4.57. The summed E-state index contributed by atoms with van der Waals surface area (Å²) in [4.78, 5) is 0. The lowest BCUT2D eigenvalue weighted by molar-refractivity contribution is 0.148. The second-order valence-electron chi connectivity index (χ2n) is 4.77. The third kappa shape index (κ3) is 2.45. The van der Waals surface area contributed by atoms with Crippen LogP contribution in [-0.2, 0) is 5.54 Å². The van der Waals surface area contributed by atoms with Gasteiger partial charge < -0.3 is 10.4 Å². The Balaban J connectivity index is 2.23. The van der Waals surface area contributed by atoms with Crippen LogP contribution in [0.15, 0.2) is 30.3 Å². The van der Waals surface area contributed by atoms with Crippen LogP contribution < -0.4 is 5.32 Å². The van der Waals surface area contributed by atoms with Crippen molar-refractivity contribution in [2.45, 2.75) is 44.2 Å². The lowest BCUT2D eigenvalue weighted by Gasteiger charge is -2.34. The summed E-state index contributed by atoms with van der Waals surface area (Å²) in [5.74, 6) is 0. The van der Waals surface area contributed by atoms with Crippen LogP contribution in [0.1, 0.15) is 38.2 Å². The van der Waals surface area contributed by atoms with E-state index in [0.717, 1.165) is 12.8 Å². The predicted octanol–water partition coefficient (Wildman–Crippen LogP) is 2.43. The number of hydrogen-bond acceptors (Lipinski definition) is 2. The molecule has 1 aromatic rings. The van der Waals surface area contributed by atoms with Gasteiger partial charge in [0.25, 0.3) is 0 Å². The molecule has 2 heteroatoms. The van der Waals surface area contributed by atoms with Crippen molar-refractivity contribution >= 4 is 0 Å². The van der Waals surface area contributed by atoms with Crippen LogP contribution in [0.5, 0.6) is 0 Å². The third-order valence-corrected chi connectivity index (χ3v) is 3.33. The van der Waals surface area contributed by atoms with Crippen molar-refractivity contribution in [3.63, 3.8) is 0 Å². The van der Waals surface area contributed by atoms with Crippen LogP contribution in [-0.4, -0.2) is 17.8 Å². The summed E-state index contributed by atoms with van der Waals surface area (Å²) in [5, 5.41) is 13.4. The Bertz CT molecular complexity index is 321. The standard InChI is InChI=1S/C14H21NO/c1-2-10-14(11-16,15-13-8-9-13)12-6-4-3-5-7-12/h3-7,13,15-16H,2,8-11H2,1H3. The molecule has 2 N–H and O–H groups in total. The Labute approximate surface area is 97.7 Å². The Kier molecular flexibility index (Phi) is 3.62. The number of aliphatic hydroxyl groups excluding tert-OH is 1. The maximum atomic E-state index is 9.78. The molecule has 88 valence electrons. The molecule has 0 heterocycles. The van der Waals surface area contributed by atoms with Crippen LogP contribution >= 0.6 is 0 Å². The van der Waals surface area contributed by atoms with Crippen LogP contribution in [0, 0.1) is 0 Å². The van der Waals surface area contributed by atoms with Gasteiger partial charge in [0.1, 0.15) is 0 Å². The van der Waals surface area contributed by atoms with E-state index in [1.54, 1.807) is 0 Å². The van der Waals surface area contributed by atoms with Crippen molar-refractivity contribution in [1.82, 2.24) is 5.32 Å². The zero-order valence-corrected chi connectivity index (χ0v) is 9.95. The summed E-state index contributed by atoms with van der Waals surface area (Å²) in [7, 11) is 0. The molecule has 0 aromatic heterocycles. The highest BCUT2D eigenvalue weighted by molar-refractivity contribution is 5.25. The van der Waals surface area contributed by atoms with Gasteiger partial charge in [0.15, 0.2) is 0 Å². The zero-order valence-electron chi connectivity index (χ0n) is 9.95. The SMILES string of the molecule is CCCC(CO)(NC1CC1)c1ccccc1. The third-order valence-electron chi connectivity index (χ3n) is 3.33. The van der Waals surface area contributed by atoms with Crippen molar-refractivity contribution < 1.29 is 5.11 Å². The van der Waals surface area contributed by atoms with Gasteiger partial charge in [-0.1, -0.05) is 43.7 Å². The molecule has 0 aliphatic heterocycles. The average Bonchev–Trinajstić information content (AvgIpc) is 3.13. The molecule has 1 fully saturated rings. The van der Waals surface area contributed by atoms with Gasteiger partial charge in [-0.25, -0.2) is 0 Å². The van der Waals surface area contributed by atoms with Gasteiger partial charge in [-0.3, -0.25) is 0 Å². The number of nitrogens with one attached hydrogen (secondary N) is 1. The highest BCUT2D eigenvalue weighted by atomic mass is 16.3. The number of aliphatic hydroxyl groups is 1. The van der Waals surface area contributed by atoms with E-state index in [-0.39, 0.29) is 12.1 Å². The van der Waals surface area contributed by atoms with Gasteiger partial charge in [-0.2, -0.15) is 0 Å². The summed E-state index contributed by atoms with van der Waals surface area (Å²) in [6.45, 7) is 2.35. The molecule has 0 amide bonds. The number of rotatable bonds is 6. The van der Waals surface area contributed by atoms with E-state index in [4.69, 9.17) is 0 Å². The van der Waals surface area contributed by atoms with Crippen molar-refractivity contribution in [2.75, 3.05) is 6.61 Å². The van der Waals surface area contributed by atoms with Crippen molar-refractivity contribution in [3.8, 4) is 0 Å². The van der Waals surface area contributed by atoms with E-state index < -0.39 is 0 Å². The first-order valence-electron chi connectivity index (χ1n) is 6.25. The van der Waals surface area contributed by atoms with Gasteiger partial charge in [0, 0.05) is 6.04 Å². The van der Waals surface area contributed by atoms with Crippen molar-refractivity contribution in [1.29, 1.82) is 0 Å². The maximum absolute atomic E-state index is 9.78. The summed E-state index contributed by atoms with van der Waals surface area (Å²) in [5.41, 5.74) is 0.989. The molecule has 2 rings (SSSR count). The molecule has 0 spiro atoms. The number of benzene rings is 1. The normalized spacial score (nSPS) is 19.4. The van der Waals surface area contributed by atoms with Crippen LogP contribution in [0.4, 0.5) is 0 Å². The molecule has 1 aliphatic carbocycles. The fraction of sp³-hybridized carbons (Fsp3) is 0.571. The molecule has 16 heavy (non-hydrogen) atoms. The Hall–Kier alpha value is -0.860. The minimum absolute atomic E-state index is 0.182. The molecular weight excluding hydrogens is 198 g/mol. The van der Waals surface area contributed by atoms with Crippen LogP contribution in [0.25, 0.3) is 0 Å².